The topological polar surface area (TPSA) is 25.8 Å². The maximum absolute atomic E-state index is 5.52. The molecule has 316 valence electrons. The van der Waals surface area contributed by atoms with Gasteiger partial charge in [0.2, 0.25) is 0 Å². The van der Waals surface area contributed by atoms with Crippen LogP contribution >= 0.6 is 11.3 Å². The zero-order valence-corrected chi connectivity index (χ0v) is 37.7. The predicted molar refractivity (Wildman–Crippen MR) is 284 cm³/mol. The molecular weight excluding hydrogens is 841 g/mol. The van der Waals surface area contributed by atoms with E-state index in [0.717, 1.165) is 39.2 Å². The molecule has 0 radical (unpaired) electrons. The molecule has 0 unspecified atom stereocenters. The molecular formula is C65H40N2S. The molecule has 0 aliphatic heterocycles. The summed E-state index contributed by atoms with van der Waals surface area (Å²) in [6, 6.07) is 88.7. The molecule has 0 atom stereocenters. The van der Waals surface area contributed by atoms with E-state index in [-0.39, 0.29) is 0 Å². The molecule has 2 heterocycles. The Morgan fingerprint density at radius 3 is 1.53 bits per heavy atom. The van der Waals surface area contributed by atoms with Crippen LogP contribution in [0.5, 0.6) is 0 Å². The van der Waals surface area contributed by atoms with E-state index in [2.05, 4.69) is 243 Å². The summed E-state index contributed by atoms with van der Waals surface area (Å²) in [5.41, 5.74) is 21.6. The molecule has 2 aliphatic rings. The molecule has 0 N–H and O–H groups in total. The second kappa shape index (κ2) is 15.3. The first-order valence-corrected chi connectivity index (χ1v) is 24.1. The Labute approximate surface area is 399 Å². The van der Waals surface area contributed by atoms with Crippen molar-refractivity contribution in [2.75, 3.05) is 0 Å². The van der Waals surface area contributed by atoms with Crippen molar-refractivity contribution < 1.29 is 0 Å². The lowest BCUT2D eigenvalue weighted by Crippen LogP contribution is -2.25. The fraction of sp³-hybridized carbons (Fsp3) is 0.0154. The van der Waals surface area contributed by atoms with Crippen molar-refractivity contribution in [2.45, 2.75) is 5.41 Å². The molecule has 2 nitrogen and oxygen atoms in total. The van der Waals surface area contributed by atoms with Gasteiger partial charge in [-0.25, -0.2) is 9.97 Å². The van der Waals surface area contributed by atoms with E-state index < -0.39 is 5.41 Å². The largest absolute Gasteiger partial charge is 0.228 e. The minimum Gasteiger partial charge on any atom is -0.228 e. The summed E-state index contributed by atoms with van der Waals surface area (Å²) in [5, 5.41) is 2.57. The van der Waals surface area contributed by atoms with Gasteiger partial charge in [0.1, 0.15) is 0 Å². The lowest BCUT2D eigenvalue weighted by Gasteiger charge is -2.30. The van der Waals surface area contributed by atoms with E-state index in [4.69, 9.17) is 9.97 Å². The Hall–Kier alpha value is -8.50. The number of aromatic nitrogens is 2. The fourth-order valence-electron chi connectivity index (χ4n) is 11.4. The molecule has 2 aliphatic carbocycles. The first-order valence-electron chi connectivity index (χ1n) is 23.3. The summed E-state index contributed by atoms with van der Waals surface area (Å²) in [6.45, 7) is 0. The number of benzene rings is 10. The quantitative estimate of drug-likeness (QED) is 0.166. The highest BCUT2D eigenvalue weighted by molar-refractivity contribution is 7.25. The van der Waals surface area contributed by atoms with Gasteiger partial charge in [-0.2, -0.15) is 0 Å². The van der Waals surface area contributed by atoms with E-state index in [9.17, 15) is 0 Å². The molecule has 14 rings (SSSR count). The average Bonchev–Trinajstić information content (AvgIpc) is 4.05. The standard InChI is InChI=1S/C65H40N2S/c1-3-18-41(19-4-1)47-22-7-8-23-48(47)45-36-44(43-34-35-62-54(39-43)51-26-12-16-33-61(51)68-62)37-46(38-45)59-40-60(67-64(66-59)42-20-5-2-6-21-42)53-28-17-32-58-63(53)52-27-11-15-31-57(52)65(58)55-29-13-9-24-49(55)50-25-10-14-30-56(50)65/h1-40H. The average molecular weight is 881 g/mol. The van der Waals surface area contributed by atoms with Crippen molar-refractivity contribution in [2.24, 2.45) is 0 Å². The lowest BCUT2D eigenvalue weighted by molar-refractivity contribution is 0.794. The van der Waals surface area contributed by atoms with E-state index in [0.29, 0.717) is 5.82 Å². The monoisotopic (exact) mass is 880 g/mol. The summed E-state index contributed by atoms with van der Waals surface area (Å²) in [4.78, 5) is 11.0. The van der Waals surface area contributed by atoms with Gasteiger partial charge >= 0.3 is 0 Å². The van der Waals surface area contributed by atoms with Crippen LogP contribution in [-0.2, 0) is 5.41 Å². The van der Waals surface area contributed by atoms with Crippen molar-refractivity contribution in [1.29, 1.82) is 0 Å². The van der Waals surface area contributed by atoms with Crippen molar-refractivity contribution in [3.8, 4) is 89.5 Å². The number of nitrogens with zero attached hydrogens (tertiary/aromatic N) is 2. The summed E-state index contributed by atoms with van der Waals surface area (Å²) < 4.78 is 2.59. The first-order chi connectivity index (χ1) is 33.7. The highest BCUT2D eigenvalue weighted by atomic mass is 32.1. The Morgan fingerprint density at radius 2 is 0.794 bits per heavy atom. The zero-order chi connectivity index (χ0) is 44.8. The normalized spacial score (nSPS) is 12.8. The smallest absolute Gasteiger partial charge is 0.160 e. The molecule has 0 saturated carbocycles. The summed E-state index contributed by atoms with van der Waals surface area (Å²) in [5.74, 6) is 0.691. The zero-order valence-electron chi connectivity index (χ0n) is 36.9. The predicted octanol–water partition coefficient (Wildman–Crippen LogP) is 17.2. The summed E-state index contributed by atoms with van der Waals surface area (Å²) in [6.07, 6.45) is 0. The Kier molecular flexibility index (Phi) is 8.71. The van der Waals surface area contributed by atoms with Crippen molar-refractivity contribution in [3.05, 3.63) is 265 Å². The molecule has 3 heteroatoms. The SMILES string of the molecule is c1ccc(-c2nc(-c3cc(-c4ccc5sc6ccccc6c5c4)cc(-c4ccccc4-c4ccccc4)c3)cc(-c3cccc4c3-c3ccccc3C43c4ccccc4-c4ccccc43)n2)cc1. The van der Waals surface area contributed by atoms with Crippen molar-refractivity contribution >= 4 is 31.5 Å². The van der Waals surface area contributed by atoms with Crippen LogP contribution in [0.4, 0.5) is 0 Å². The molecule has 0 amide bonds. The van der Waals surface area contributed by atoms with Crippen LogP contribution in [0.1, 0.15) is 22.3 Å². The third-order valence-corrected chi connectivity index (χ3v) is 15.5. The molecule has 1 spiro atoms. The number of thiophene rings is 1. The van der Waals surface area contributed by atoms with E-state index >= 15 is 0 Å². The Morgan fingerprint density at radius 1 is 0.279 bits per heavy atom. The Bertz CT molecular complexity index is 3930. The maximum Gasteiger partial charge on any atom is 0.160 e. The second-order valence-electron chi connectivity index (χ2n) is 18.0. The molecule has 12 aromatic rings. The lowest BCUT2D eigenvalue weighted by atomic mass is 9.70. The van der Waals surface area contributed by atoms with Crippen molar-refractivity contribution in [3.63, 3.8) is 0 Å². The first kappa shape index (κ1) is 38.7. The van der Waals surface area contributed by atoms with Crippen LogP contribution in [0.25, 0.3) is 110 Å². The highest BCUT2D eigenvalue weighted by Gasteiger charge is 2.52. The maximum atomic E-state index is 5.52. The van der Waals surface area contributed by atoms with Crippen molar-refractivity contribution in [1.82, 2.24) is 9.97 Å². The van der Waals surface area contributed by atoms with E-state index in [1.165, 1.54) is 86.9 Å². The van der Waals surface area contributed by atoms with E-state index in [1.807, 2.05) is 11.3 Å². The van der Waals surface area contributed by atoms with Crippen LogP contribution in [0.2, 0.25) is 0 Å². The van der Waals surface area contributed by atoms with E-state index in [1.54, 1.807) is 0 Å². The second-order valence-corrected chi connectivity index (χ2v) is 19.0. The van der Waals surface area contributed by atoms with Crippen LogP contribution < -0.4 is 0 Å². The fourth-order valence-corrected chi connectivity index (χ4v) is 12.5. The molecule has 0 saturated heterocycles. The number of hydrogen-bond donors (Lipinski definition) is 0. The van der Waals surface area contributed by atoms with Gasteiger partial charge in [0.25, 0.3) is 0 Å². The van der Waals surface area contributed by atoms with Gasteiger partial charge in [-0.3, -0.25) is 0 Å². The minimum absolute atomic E-state index is 0.461. The van der Waals surface area contributed by atoms with Crippen LogP contribution in [0.15, 0.2) is 243 Å². The molecule has 68 heavy (non-hydrogen) atoms. The van der Waals surface area contributed by atoms with Gasteiger partial charge in [0.15, 0.2) is 5.82 Å². The van der Waals surface area contributed by atoms with Gasteiger partial charge in [-0.15, -0.1) is 11.3 Å². The van der Waals surface area contributed by atoms with Gasteiger partial charge in [-0.1, -0.05) is 200 Å². The van der Waals surface area contributed by atoms with Gasteiger partial charge < -0.3 is 0 Å². The van der Waals surface area contributed by atoms with Crippen LogP contribution in [0.3, 0.4) is 0 Å². The van der Waals surface area contributed by atoms with Gasteiger partial charge in [-0.05, 0) is 120 Å². The summed E-state index contributed by atoms with van der Waals surface area (Å²) >= 11 is 1.85. The highest BCUT2D eigenvalue weighted by Crippen LogP contribution is 2.64. The number of rotatable bonds is 6. The summed E-state index contributed by atoms with van der Waals surface area (Å²) in [7, 11) is 0. The molecule has 0 bridgehead atoms. The number of hydrogen-bond acceptors (Lipinski definition) is 3. The third-order valence-electron chi connectivity index (χ3n) is 14.3. The molecule has 2 aromatic heterocycles. The minimum atomic E-state index is -0.461. The molecule has 10 aromatic carbocycles. The van der Waals surface area contributed by atoms with Gasteiger partial charge in [0.05, 0.1) is 16.8 Å². The van der Waals surface area contributed by atoms with Gasteiger partial charge in [0, 0.05) is 36.9 Å². The number of fused-ring (bicyclic) bond motifs is 13. The third kappa shape index (κ3) is 5.83. The van der Waals surface area contributed by atoms with Crippen LogP contribution in [0, 0.1) is 0 Å². The Balaban J connectivity index is 1.02. The van der Waals surface area contributed by atoms with Crippen LogP contribution in [-0.4, -0.2) is 9.97 Å². The molecule has 0 fully saturated rings.